The quantitative estimate of drug-likeness (QED) is 0.353. The zero-order chi connectivity index (χ0) is 19.1. The molecule has 5 nitrogen and oxygen atoms in total. The number of ketones is 2. The molecule has 3 rings (SSSR count). The van der Waals surface area contributed by atoms with Crippen LogP contribution in [0, 0.1) is 5.92 Å². The van der Waals surface area contributed by atoms with Gasteiger partial charge in [0.25, 0.3) is 0 Å². The molecule has 8 heteroatoms. The van der Waals surface area contributed by atoms with E-state index in [9.17, 15) is 22.8 Å². The molecular weight excluding hydrogens is 347 g/mol. The number of fused-ring (bicyclic) bond motifs is 1. The standard InChI is InChI=1S/C18H16F3N3O2/c1-24(2)9-13(14(25)10-5-6-10)15(26)12-8-11-4-3-7-22-17(11)23-16(12)18(19,20)21/h3-4,7-10H,5-6H2,1-2H3. The molecule has 0 bridgehead atoms. The average Bonchev–Trinajstić information content (AvgIpc) is 3.41. The number of nitrogens with zero attached hydrogens (tertiary/aromatic N) is 3. The number of allylic oxidation sites excluding steroid dienone is 1. The van der Waals surface area contributed by atoms with Crippen LogP contribution in [0.5, 0.6) is 0 Å². The molecular formula is C18H16F3N3O2. The summed E-state index contributed by atoms with van der Waals surface area (Å²) in [5.74, 6) is -1.70. The van der Waals surface area contributed by atoms with Crippen molar-refractivity contribution in [2.75, 3.05) is 14.1 Å². The zero-order valence-electron chi connectivity index (χ0n) is 14.2. The van der Waals surface area contributed by atoms with Gasteiger partial charge in [-0.25, -0.2) is 9.97 Å². The molecule has 2 aromatic heterocycles. The van der Waals surface area contributed by atoms with Gasteiger partial charge in [-0.15, -0.1) is 0 Å². The van der Waals surface area contributed by atoms with E-state index >= 15 is 0 Å². The highest BCUT2D eigenvalue weighted by Gasteiger charge is 2.41. The van der Waals surface area contributed by atoms with Gasteiger partial charge in [0, 0.05) is 37.8 Å². The fraction of sp³-hybridized carbons (Fsp3) is 0.333. The Hall–Kier alpha value is -2.77. The van der Waals surface area contributed by atoms with Crippen molar-refractivity contribution in [3.8, 4) is 0 Å². The molecule has 0 spiro atoms. The normalized spacial score (nSPS) is 15.2. The van der Waals surface area contributed by atoms with E-state index in [1.807, 2.05) is 0 Å². The number of rotatable bonds is 5. The van der Waals surface area contributed by atoms with Crippen molar-refractivity contribution < 1.29 is 22.8 Å². The molecule has 2 aromatic rings. The Balaban J connectivity index is 2.17. The molecule has 0 saturated heterocycles. The van der Waals surface area contributed by atoms with E-state index in [1.54, 1.807) is 14.1 Å². The second-order valence-corrected chi connectivity index (χ2v) is 6.41. The van der Waals surface area contributed by atoms with Crippen LogP contribution in [0.2, 0.25) is 0 Å². The molecule has 26 heavy (non-hydrogen) atoms. The summed E-state index contributed by atoms with van der Waals surface area (Å²) in [4.78, 5) is 34.2. The summed E-state index contributed by atoms with van der Waals surface area (Å²) in [6, 6.07) is 4.16. The number of pyridine rings is 2. The van der Waals surface area contributed by atoms with Gasteiger partial charge in [0.1, 0.15) is 0 Å². The summed E-state index contributed by atoms with van der Waals surface area (Å²) in [5.41, 5.74) is -2.34. The molecule has 136 valence electrons. The van der Waals surface area contributed by atoms with Gasteiger partial charge in [0.15, 0.2) is 22.9 Å². The van der Waals surface area contributed by atoms with E-state index in [0.717, 1.165) is 6.07 Å². The second kappa shape index (κ2) is 6.51. The fourth-order valence-corrected chi connectivity index (χ4v) is 2.60. The number of hydrogen-bond donors (Lipinski definition) is 0. The third-order valence-corrected chi connectivity index (χ3v) is 3.95. The van der Waals surface area contributed by atoms with E-state index in [4.69, 9.17) is 0 Å². The first kappa shape index (κ1) is 18.0. The number of halogens is 3. The number of carbonyl (C=O) groups excluding carboxylic acids is 2. The number of aromatic nitrogens is 2. The van der Waals surface area contributed by atoms with Crippen LogP contribution in [0.4, 0.5) is 13.2 Å². The molecule has 2 heterocycles. The van der Waals surface area contributed by atoms with Crippen molar-refractivity contribution in [3.05, 3.63) is 47.4 Å². The SMILES string of the molecule is CN(C)C=C(C(=O)c1cc2cccnc2nc1C(F)(F)F)C(=O)C1CC1. The number of alkyl halides is 3. The lowest BCUT2D eigenvalue weighted by Crippen LogP contribution is -2.22. The lowest BCUT2D eigenvalue weighted by molar-refractivity contribution is -0.141. The summed E-state index contributed by atoms with van der Waals surface area (Å²) < 4.78 is 40.4. The zero-order valence-corrected chi connectivity index (χ0v) is 14.2. The summed E-state index contributed by atoms with van der Waals surface area (Å²) in [5, 5.41) is 0.298. The van der Waals surface area contributed by atoms with E-state index in [1.165, 1.54) is 29.4 Å². The van der Waals surface area contributed by atoms with Gasteiger partial charge >= 0.3 is 6.18 Å². The monoisotopic (exact) mass is 363 g/mol. The van der Waals surface area contributed by atoms with Crippen LogP contribution in [0.3, 0.4) is 0 Å². The van der Waals surface area contributed by atoms with Crippen LogP contribution >= 0.6 is 0 Å². The minimum absolute atomic E-state index is 0.108. The maximum Gasteiger partial charge on any atom is 0.434 e. The lowest BCUT2D eigenvalue weighted by Gasteiger charge is -2.15. The van der Waals surface area contributed by atoms with Gasteiger partial charge < -0.3 is 4.90 Å². The Kier molecular flexibility index (Phi) is 4.52. The first-order chi connectivity index (χ1) is 12.2. The van der Waals surface area contributed by atoms with Gasteiger partial charge in [0.2, 0.25) is 0 Å². The average molecular weight is 363 g/mol. The Morgan fingerprint density at radius 2 is 1.96 bits per heavy atom. The summed E-state index contributed by atoms with van der Waals surface area (Å²) in [7, 11) is 3.20. The molecule has 1 aliphatic carbocycles. The van der Waals surface area contributed by atoms with Crippen molar-refractivity contribution in [2.45, 2.75) is 19.0 Å². The van der Waals surface area contributed by atoms with Gasteiger partial charge in [-0.1, -0.05) is 0 Å². The van der Waals surface area contributed by atoms with Crippen molar-refractivity contribution in [3.63, 3.8) is 0 Å². The minimum atomic E-state index is -4.84. The minimum Gasteiger partial charge on any atom is -0.383 e. The second-order valence-electron chi connectivity index (χ2n) is 6.41. The van der Waals surface area contributed by atoms with Crippen LogP contribution in [-0.2, 0) is 11.0 Å². The number of hydrogen-bond acceptors (Lipinski definition) is 5. The number of carbonyl (C=O) groups is 2. The Bertz CT molecular complexity index is 916. The highest BCUT2D eigenvalue weighted by atomic mass is 19.4. The molecule has 0 unspecified atom stereocenters. The van der Waals surface area contributed by atoms with E-state index < -0.39 is 29.0 Å². The van der Waals surface area contributed by atoms with E-state index in [2.05, 4.69) is 9.97 Å². The van der Waals surface area contributed by atoms with Crippen LogP contribution < -0.4 is 0 Å². The molecule has 0 aliphatic heterocycles. The maximum atomic E-state index is 13.5. The molecule has 0 amide bonds. The summed E-state index contributed by atoms with van der Waals surface area (Å²) >= 11 is 0. The van der Waals surface area contributed by atoms with Gasteiger partial charge in [0.05, 0.1) is 11.1 Å². The lowest BCUT2D eigenvalue weighted by atomic mass is 9.96. The fourth-order valence-electron chi connectivity index (χ4n) is 2.60. The Morgan fingerprint density at radius 3 is 2.54 bits per heavy atom. The van der Waals surface area contributed by atoms with E-state index in [-0.39, 0.29) is 17.1 Å². The highest BCUT2D eigenvalue weighted by Crippen LogP contribution is 2.36. The first-order valence-electron chi connectivity index (χ1n) is 7.98. The summed E-state index contributed by atoms with van der Waals surface area (Å²) in [6.45, 7) is 0. The third-order valence-electron chi connectivity index (χ3n) is 3.95. The molecule has 0 radical (unpaired) electrons. The highest BCUT2D eigenvalue weighted by molar-refractivity contribution is 6.27. The Morgan fingerprint density at radius 1 is 1.27 bits per heavy atom. The predicted octanol–water partition coefficient (Wildman–Crippen LogP) is 3.26. The Labute approximate surface area is 147 Å². The van der Waals surface area contributed by atoms with Gasteiger partial charge in [-0.05, 0) is 31.0 Å². The molecule has 1 saturated carbocycles. The van der Waals surface area contributed by atoms with Crippen LogP contribution in [0.15, 0.2) is 36.2 Å². The predicted molar refractivity (Wildman–Crippen MR) is 88.4 cm³/mol. The first-order valence-corrected chi connectivity index (χ1v) is 7.98. The van der Waals surface area contributed by atoms with Crippen molar-refractivity contribution in [1.29, 1.82) is 0 Å². The maximum absolute atomic E-state index is 13.5. The van der Waals surface area contributed by atoms with Crippen LogP contribution in [-0.4, -0.2) is 40.5 Å². The van der Waals surface area contributed by atoms with Crippen LogP contribution in [0.25, 0.3) is 11.0 Å². The van der Waals surface area contributed by atoms with Crippen molar-refractivity contribution in [1.82, 2.24) is 14.9 Å². The summed E-state index contributed by atoms with van der Waals surface area (Å²) in [6.07, 6.45) is -0.962. The molecule has 0 atom stereocenters. The molecule has 0 aromatic carbocycles. The van der Waals surface area contributed by atoms with Gasteiger partial charge in [-0.2, -0.15) is 13.2 Å². The van der Waals surface area contributed by atoms with Crippen molar-refractivity contribution in [2.24, 2.45) is 5.92 Å². The molecule has 0 N–H and O–H groups in total. The third kappa shape index (κ3) is 3.58. The largest absolute Gasteiger partial charge is 0.434 e. The smallest absolute Gasteiger partial charge is 0.383 e. The van der Waals surface area contributed by atoms with Crippen molar-refractivity contribution >= 4 is 22.6 Å². The number of Topliss-reactive ketones (excluding diaryl/α,β-unsaturated/α-hetero) is 2. The van der Waals surface area contributed by atoms with Crippen LogP contribution in [0.1, 0.15) is 28.9 Å². The molecule has 1 aliphatic rings. The van der Waals surface area contributed by atoms with Gasteiger partial charge in [-0.3, -0.25) is 9.59 Å². The molecule has 1 fully saturated rings. The van der Waals surface area contributed by atoms with E-state index in [0.29, 0.717) is 18.2 Å². The topological polar surface area (TPSA) is 63.2 Å².